The predicted octanol–water partition coefficient (Wildman–Crippen LogP) is -0.101. The van der Waals surface area contributed by atoms with Crippen molar-refractivity contribution >= 4 is 17.8 Å². The number of rotatable bonds is 7. The van der Waals surface area contributed by atoms with Gasteiger partial charge in [0.05, 0.1) is 6.42 Å². The number of primary amides is 1. The van der Waals surface area contributed by atoms with E-state index in [9.17, 15) is 14.4 Å². The van der Waals surface area contributed by atoms with E-state index < -0.39 is 36.4 Å². The minimum absolute atomic E-state index is 0.473. The number of carboxylic acid groups (broad SMARTS) is 1. The molecule has 0 saturated carbocycles. The van der Waals surface area contributed by atoms with E-state index in [0.29, 0.717) is 5.75 Å². The Balaban J connectivity index is 2.59. The van der Waals surface area contributed by atoms with Crippen LogP contribution in [0.4, 0.5) is 0 Å². The highest BCUT2D eigenvalue weighted by Gasteiger charge is 2.25. The smallest absolute Gasteiger partial charge is 0.326 e. The van der Waals surface area contributed by atoms with Crippen LogP contribution in [0.5, 0.6) is 5.75 Å². The van der Waals surface area contributed by atoms with Crippen molar-refractivity contribution < 1.29 is 24.2 Å². The second-order valence-electron chi connectivity index (χ2n) is 4.14. The zero-order valence-electron chi connectivity index (χ0n) is 10.9. The molecule has 7 heteroatoms. The number of carboxylic acids is 1. The molecule has 20 heavy (non-hydrogen) atoms. The number of benzene rings is 1. The zero-order chi connectivity index (χ0) is 15.1. The number of para-hydroxylation sites is 1. The fourth-order valence-corrected chi connectivity index (χ4v) is 1.45. The highest BCUT2D eigenvalue weighted by atomic mass is 16.5. The van der Waals surface area contributed by atoms with Crippen molar-refractivity contribution in [2.45, 2.75) is 25.5 Å². The molecule has 4 N–H and O–H groups in total. The molecular weight excluding hydrogens is 264 g/mol. The fourth-order valence-electron chi connectivity index (χ4n) is 1.45. The van der Waals surface area contributed by atoms with E-state index in [-0.39, 0.29) is 0 Å². The van der Waals surface area contributed by atoms with Gasteiger partial charge in [0.15, 0.2) is 6.10 Å². The maximum absolute atomic E-state index is 11.8. The van der Waals surface area contributed by atoms with E-state index in [1.54, 1.807) is 30.3 Å². The third-order valence-electron chi connectivity index (χ3n) is 2.45. The van der Waals surface area contributed by atoms with Gasteiger partial charge in [-0.3, -0.25) is 9.59 Å². The van der Waals surface area contributed by atoms with E-state index in [2.05, 4.69) is 5.32 Å². The van der Waals surface area contributed by atoms with E-state index in [1.165, 1.54) is 6.92 Å². The molecule has 0 saturated heterocycles. The van der Waals surface area contributed by atoms with E-state index in [0.717, 1.165) is 0 Å². The van der Waals surface area contributed by atoms with Gasteiger partial charge in [-0.25, -0.2) is 4.79 Å². The zero-order valence-corrected chi connectivity index (χ0v) is 10.9. The summed E-state index contributed by atoms with van der Waals surface area (Å²) in [6.45, 7) is 1.48. The first kappa shape index (κ1) is 15.5. The van der Waals surface area contributed by atoms with Gasteiger partial charge in [-0.15, -0.1) is 0 Å². The van der Waals surface area contributed by atoms with Gasteiger partial charge in [0.25, 0.3) is 5.91 Å². The van der Waals surface area contributed by atoms with Crippen LogP contribution >= 0.6 is 0 Å². The molecule has 1 rings (SSSR count). The third kappa shape index (κ3) is 4.97. The Morgan fingerprint density at radius 3 is 2.40 bits per heavy atom. The molecule has 2 amide bonds. The van der Waals surface area contributed by atoms with Crippen molar-refractivity contribution in [1.29, 1.82) is 0 Å². The van der Waals surface area contributed by atoms with Gasteiger partial charge in [0, 0.05) is 0 Å². The van der Waals surface area contributed by atoms with Crippen LogP contribution in [0.3, 0.4) is 0 Å². The summed E-state index contributed by atoms with van der Waals surface area (Å²) in [6, 6.07) is 7.26. The number of hydrogen-bond acceptors (Lipinski definition) is 4. The van der Waals surface area contributed by atoms with Crippen molar-refractivity contribution in [2.75, 3.05) is 0 Å². The molecule has 7 nitrogen and oxygen atoms in total. The lowest BCUT2D eigenvalue weighted by Gasteiger charge is -2.18. The molecule has 0 aliphatic carbocycles. The highest BCUT2D eigenvalue weighted by Crippen LogP contribution is 2.10. The Morgan fingerprint density at radius 2 is 1.90 bits per heavy atom. The normalized spacial score (nSPS) is 13.1. The quantitative estimate of drug-likeness (QED) is 0.644. The van der Waals surface area contributed by atoms with Gasteiger partial charge in [0.1, 0.15) is 11.8 Å². The Morgan fingerprint density at radius 1 is 1.30 bits per heavy atom. The Bertz CT molecular complexity index is 489. The minimum Gasteiger partial charge on any atom is -0.481 e. The van der Waals surface area contributed by atoms with Gasteiger partial charge < -0.3 is 20.9 Å². The van der Waals surface area contributed by atoms with Crippen LogP contribution in [-0.2, 0) is 14.4 Å². The molecule has 1 aromatic carbocycles. The van der Waals surface area contributed by atoms with Crippen LogP contribution in [0.15, 0.2) is 30.3 Å². The third-order valence-corrected chi connectivity index (χ3v) is 2.45. The summed E-state index contributed by atoms with van der Waals surface area (Å²) in [6.07, 6.45) is -1.37. The van der Waals surface area contributed by atoms with Crippen molar-refractivity contribution in [3.05, 3.63) is 30.3 Å². The summed E-state index contributed by atoms with van der Waals surface area (Å²) < 4.78 is 5.34. The van der Waals surface area contributed by atoms with Crippen molar-refractivity contribution in [1.82, 2.24) is 5.32 Å². The van der Waals surface area contributed by atoms with Crippen LogP contribution < -0.4 is 15.8 Å². The van der Waals surface area contributed by atoms with Gasteiger partial charge in [-0.05, 0) is 19.1 Å². The first-order chi connectivity index (χ1) is 9.40. The molecule has 0 aromatic heterocycles. The number of carbonyl (C=O) groups excluding carboxylic acids is 2. The molecule has 1 aromatic rings. The monoisotopic (exact) mass is 280 g/mol. The SMILES string of the molecule is CC(Oc1ccccc1)C(=O)NC(CC(N)=O)C(=O)O. The summed E-state index contributed by atoms with van der Waals surface area (Å²) in [5.41, 5.74) is 4.92. The number of ether oxygens (including phenoxy) is 1. The second-order valence-corrected chi connectivity index (χ2v) is 4.14. The molecule has 2 atom stereocenters. The predicted molar refractivity (Wildman–Crippen MR) is 69.9 cm³/mol. The molecular formula is C13H16N2O5. The van der Waals surface area contributed by atoms with Gasteiger partial charge in [-0.2, -0.15) is 0 Å². The lowest BCUT2D eigenvalue weighted by atomic mass is 10.2. The standard InChI is InChI=1S/C13H16N2O5/c1-8(20-9-5-3-2-4-6-9)12(17)15-10(13(18)19)7-11(14)16/h2-6,8,10H,7H2,1H3,(H2,14,16)(H,15,17)(H,18,19). The van der Waals surface area contributed by atoms with Crippen molar-refractivity contribution in [2.24, 2.45) is 5.73 Å². The molecule has 0 fully saturated rings. The van der Waals surface area contributed by atoms with Gasteiger partial charge >= 0.3 is 5.97 Å². The van der Waals surface area contributed by atoms with E-state index >= 15 is 0 Å². The van der Waals surface area contributed by atoms with E-state index in [1.807, 2.05) is 0 Å². The van der Waals surface area contributed by atoms with Gasteiger partial charge in [-0.1, -0.05) is 18.2 Å². The molecule has 0 aliphatic heterocycles. The van der Waals surface area contributed by atoms with Crippen LogP contribution in [0.25, 0.3) is 0 Å². The average molecular weight is 280 g/mol. The van der Waals surface area contributed by atoms with Crippen LogP contribution in [0, 0.1) is 0 Å². The highest BCUT2D eigenvalue weighted by molar-refractivity contribution is 5.89. The number of aliphatic carboxylic acids is 1. The maximum Gasteiger partial charge on any atom is 0.326 e. The Labute approximate surface area is 115 Å². The molecule has 0 radical (unpaired) electrons. The second kappa shape index (κ2) is 7.13. The van der Waals surface area contributed by atoms with Crippen LogP contribution in [-0.4, -0.2) is 35.0 Å². The number of nitrogens with one attached hydrogen (secondary N) is 1. The largest absolute Gasteiger partial charge is 0.481 e. The molecule has 0 bridgehead atoms. The lowest BCUT2D eigenvalue weighted by molar-refractivity contribution is -0.144. The summed E-state index contributed by atoms with van der Waals surface area (Å²) in [5, 5.41) is 11.1. The molecule has 0 heterocycles. The Kier molecular flexibility index (Phi) is 5.52. The van der Waals surface area contributed by atoms with Crippen LogP contribution in [0.2, 0.25) is 0 Å². The van der Waals surface area contributed by atoms with Crippen molar-refractivity contribution in [3.8, 4) is 5.75 Å². The molecule has 0 aliphatic rings. The fraction of sp³-hybridized carbons (Fsp3) is 0.308. The summed E-state index contributed by atoms with van der Waals surface area (Å²) in [4.78, 5) is 33.4. The van der Waals surface area contributed by atoms with E-state index in [4.69, 9.17) is 15.6 Å². The Hall–Kier alpha value is -2.57. The average Bonchev–Trinajstić information content (AvgIpc) is 2.38. The van der Waals surface area contributed by atoms with Crippen molar-refractivity contribution in [3.63, 3.8) is 0 Å². The van der Waals surface area contributed by atoms with Crippen LogP contribution in [0.1, 0.15) is 13.3 Å². The number of nitrogens with two attached hydrogens (primary N) is 1. The first-order valence-corrected chi connectivity index (χ1v) is 5.93. The minimum atomic E-state index is -1.36. The summed E-state index contributed by atoms with van der Waals surface area (Å²) >= 11 is 0. The number of amides is 2. The maximum atomic E-state index is 11.8. The number of carbonyl (C=O) groups is 3. The number of hydrogen-bond donors (Lipinski definition) is 3. The first-order valence-electron chi connectivity index (χ1n) is 5.93. The summed E-state index contributed by atoms with van der Waals surface area (Å²) in [7, 11) is 0. The lowest BCUT2D eigenvalue weighted by Crippen LogP contribution is -2.47. The molecule has 2 unspecified atom stereocenters. The topological polar surface area (TPSA) is 119 Å². The molecule has 108 valence electrons. The summed E-state index contributed by atoms with van der Waals surface area (Å²) in [5.74, 6) is -2.29. The molecule has 0 spiro atoms. The van der Waals surface area contributed by atoms with Gasteiger partial charge in [0.2, 0.25) is 5.91 Å².